The molecular formula is C8H16FNS. The SMILES string of the molecule is FCCCNCC1CCSC1. The van der Waals surface area contributed by atoms with Gasteiger partial charge in [-0.25, -0.2) is 0 Å². The molecule has 1 saturated heterocycles. The second-order valence-electron chi connectivity index (χ2n) is 2.98. The minimum Gasteiger partial charge on any atom is -0.316 e. The van der Waals surface area contributed by atoms with Crippen LogP contribution in [-0.4, -0.2) is 31.3 Å². The minimum atomic E-state index is -0.188. The summed E-state index contributed by atoms with van der Waals surface area (Å²) in [6, 6.07) is 0. The van der Waals surface area contributed by atoms with E-state index in [9.17, 15) is 4.39 Å². The lowest BCUT2D eigenvalue weighted by atomic mass is 10.1. The van der Waals surface area contributed by atoms with Crippen LogP contribution >= 0.6 is 11.8 Å². The molecule has 1 aliphatic heterocycles. The van der Waals surface area contributed by atoms with E-state index in [1.165, 1.54) is 17.9 Å². The molecule has 11 heavy (non-hydrogen) atoms. The molecule has 1 rings (SSSR count). The van der Waals surface area contributed by atoms with Crippen LogP contribution in [0.1, 0.15) is 12.8 Å². The van der Waals surface area contributed by atoms with E-state index < -0.39 is 0 Å². The third-order valence-corrected chi connectivity index (χ3v) is 3.18. The van der Waals surface area contributed by atoms with Crippen LogP contribution in [0.15, 0.2) is 0 Å². The van der Waals surface area contributed by atoms with Gasteiger partial charge in [0.25, 0.3) is 0 Å². The molecule has 1 heterocycles. The zero-order valence-electron chi connectivity index (χ0n) is 6.81. The van der Waals surface area contributed by atoms with Crippen molar-refractivity contribution < 1.29 is 4.39 Å². The summed E-state index contributed by atoms with van der Waals surface area (Å²) in [6.45, 7) is 1.75. The topological polar surface area (TPSA) is 12.0 Å². The van der Waals surface area contributed by atoms with Crippen molar-refractivity contribution in [2.45, 2.75) is 12.8 Å². The molecule has 0 aliphatic carbocycles. The largest absolute Gasteiger partial charge is 0.316 e. The number of alkyl halides is 1. The Labute approximate surface area is 72.1 Å². The third kappa shape index (κ3) is 3.97. The summed E-state index contributed by atoms with van der Waals surface area (Å²) >= 11 is 2.03. The summed E-state index contributed by atoms with van der Waals surface area (Å²) in [4.78, 5) is 0. The molecule has 0 amide bonds. The van der Waals surface area contributed by atoms with Crippen molar-refractivity contribution in [3.8, 4) is 0 Å². The average molecular weight is 177 g/mol. The fourth-order valence-corrected chi connectivity index (χ4v) is 2.53. The first-order valence-corrected chi connectivity index (χ1v) is 5.43. The maximum Gasteiger partial charge on any atom is 0.0906 e. The highest BCUT2D eigenvalue weighted by atomic mass is 32.2. The summed E-state index contributed by atoms with van der Waals surface area (Å²) in [5, 5.41) is 3.27. The summed E-state index contributed by atoms with van der Waals surface area (Å²) in [5.41, 5.74) is 0. The molecule has 1 aliphatic rings. The van der Waals surface area contributed by atoms with Crippen molar-refractivity contribution in [2.75, 3.05) is 31.3 Å². The molecule has 1 nitrogen and oxygen atoms in total. The second-order valence-corrected chi connectivity index (χ2v) is 4.13. The van der Waals surface area contributed by atoms with Gasteiger partial charge in [0, 0.05) is 0 Å². The number of thioether (sulfide) groups is 1. The first-order valence-electron chi connectivity index (χ1n) is 4.28. The van der Waals surface area contributed by atoms with Crippen LogP contribution < -0.4 is 5.32 Å². The maximum absolute atomic E-state index is 11.6. The van der Waals surface area contributed by atoms with Crippen molar-refractivity contribution in [2.24, 2.45) is 5.92 Å². The lowest BCUT2D eigenvalue weighted by Gasteiger charge is -2.08. The van der Waals surface area contributed by atoms with Crippen LogP contribution in [0.3, 0.4) is 0 Å². The number of rotatable bonds is 5. The van der Waals surface area contributed by atoms with E-state index in [2.05, 4.69) is 5.32 Å². The van der Waals surface area contributed by atoms with E-state index in [1.54, 1.807) is 0 Å². The van der Waals surface area contributed by atoms with Gasteiger partial charge in [-0.2, -0.15) is 11.8 Å². The monoisotopic (exact) mass is 177 g/mol. The van der Waals surface area contributed by atoms with Crippen molar-refractivity contribution in [1.82, 2.24) is 5.32 Å². The second kappa shape index (κ2) is 5.84. The first kappa shape index (κ1) is 9.33. The normalized spacial score (nSPS) is 24.3. The molecule has 0 aromatic heterocycles. The molecule has 1 fully saturated rings. The summed E-state index contributed by atoms with van der Waals surface area (Å²) in [7, 11) is 0. The standard InChI is InChI=1S/C8H16FNS/c9-3-1-4-10-6-8-2-5-11-7-8/h8,10H,1-7H2. The van der Waals surface area contributed by atoms with E-state index in [-0.39, 0.29) is 6.67 Å². The Hall–Kier alpha value is 0.240. The lowest BCUT2D eigenvalue weighted by Crippen LogP contribution is -2.23. The Morgan fingerprint density at radius 1 is 1.55 bits per heavy atom. The molecule has 0 bridgehead atoms. The van der Waals surface area contributed by atoms with Crippen molar-refractivity contribution in [1.29, 1.82) is 0 Å². The molecule has 0 saturated carbocycles. The molecule has 1 unspecified atom stereocenters. The van der Waals surface area contributed by atoms with Gasteiger partial charge in [-0.3, -0.25) is 4.39 Å². The Bertz CT molecular complexity index is 94.1. The predicted molar refractivity (Wildman–Crippen MR) is 48.9 cm³/mol. The van der Waals surface area contributed by atoms with Crippen molar-refractivity contribution in [3.05, 3.63) is 0 Å². The Morgan fingerprint density at radius 3 is 3.09 bits per heavy atom. The summed E-state index contributed by atoms with van der Waals surface area (Å²) in [6.07, 6.45) is 2.01. The molecule has 66 valence electrons. The molecule has 0 spiro atoms. The smallest absolute Gasteiger partial charge is 0.0906 e. The van der Waals surface area contributed by atoms with Gasteiger partial charge in [-0.05, 0) is 43.4 Å². The molecule has 1 N–H and O–H groups in total. The fourth-order valence-electron chi connectivity index (χ4n) is 1.24. The molecule has 3 heteroatoms. The van der Waals surface area contributed by atoms with E-state index in [1.807, 2.05) is 11.8 Å². The van der Waals surface area contributed by atoms with E-state index in [4.69, 9.17) is 0 Å². The van der Waals surface area contributed by atoms with Crippen LogP contribution in [0.25, 0.3) is 0 Å². The van der Waals surface area contributed by atoms with Gasteiger partial charge in [-0.15, -0.1) is 0 Å². The van der Waals surface area contributed by atoms with Crippen molar-refractivity contribution >= 4 is 11.8 Å². The first-order chi connectivity index (χ1) is 5.43. The van der Waals surface area contributed by atoms with Crippen LogP contribution in [0.4, 0.5) is 4.39 Å². The van der Waals surface area contributed by atoms with Crippen LogP contribution in [-0.2, 0) is 0 Å². The molecule has 0 aromatic carbocycles. The van der Waals surface area contributed by atoms with Gasteiger partial charge in [-0.1, -0.05) is 0 Å². The van der Waals surface area contributed by atoms with Crippen molar-refractivity contribution in [3.63, 3.8) is 0 Å². The highest BCUT2D eigenvalue weighted by Crippen LogP contribution is 2.22. The number of hydrogen-bond donors (Lipinski definition) is 1. The fraction of sp³-hybridized carbons (Fsp3) is 1.00. The third-order valence-electron chi connectivity index (χ3n) is 1.94. The minimum absolute atomic E-state index is 0.188. The van der Waals surface area contributed by atoms with Crippen LogP contribution in [0.2, 0.25) is 0 Å². The predicted octanol–water partition coefficient (Wildman–Crippen LogP) is 1.69. The van der Waals surface area contributed by atoms with Gasteiger partial charge in [0.2, 0.25) is 0 Å². The molecule has 0 aromatic rings. The molecule has 0 radical (unpaired) electrons. The number of hydrogen-bond acceptors (Lipinski definition) is 2. The van der Waals surface area contributed by atoms with E-state index >= 15 is 0 Å². The highest BCUT2D eigenvalue weighted by Gasteiger charge is 2.13. The maximum atomic E-state index is 11.6. The summed E-state index contributed by atoms with van der Waals surface area (Å²) in [5.74, 6) is 3.46. The van der Waals surface area contributed by atoms with Gasteiger partial charge in [0.15, 0.2) is 0 Å². The van der Waals surface area contributed by atoms with Crippen LogP contribution in [0, 0.1) is 5.92 Å². The van der Waals surface area contributed by atoms with Gasteiger partial charge in [0.1, 0.15) is 0 Å². The quantitative estimate of drug-likeness (QED) is 0.641. The van der Waals surface area contributed by atoms with Gasteiger partial charge < -0.3 is 5.32 Å². The Balaban J connectivity index is 1.86. The van der Waals surface area contributed by atoms with Crippen LogP contribution in [0.5, 0.6) is 0 Å². The number of halogens is 1. The van der Waals surface area contributed by atoms with E-state index in [0.29, 0.717) is 6.42 Å². The summed E-state index contributed by atoms with van der Waals surface area (Å²) < 4.78 is 11.6. The average Bonchev–Trinajstić information content (AvgIpc) is 2.50. The zero-order valence-corrected chi connectivity index (χ0v) is 7.63. The van der Waals surface area contributed by atoms with Gasteiger partial charge >= 0.3 is 0 Å². The lowest BCUT2D eigenvalue weighted by molar-refractivity contribution is 0.444. The van der Waals surface area contributed by atoms with Gasteiger partial charge in [0.05, 0.1) is 6.67 Å². The zero-order chi connectivity index (χ0) is 7.94. The number of nitrogens with one attached hydrogen (secondary N) is 1. The Kier molecular flexibility index (Phi) is 4.95. The Morgan fingerprint density at radius 2 is 2.45 bits per heavy atom. The molecular weight excluding hydrogens is 161 g/mol. The molecule has 1 atom stereocenters. The highest BCUT2D eigenvalue weighted by molar-refractivity contribution is 7.99. The van der Waals surface area contributed by atoms with E-state index in [0.717, 1.165) is 19.0 Å².